The van der Waals surface area contributed by atoms with Gasteiger partial charge in [-0.2, -0.15) is 0 Å². The highest BCUT2D eigenvalue weighted by Gasteiger charge is 2.09. The molecule has 0 radical (unpaired) electrons. The minimum Gasteiger partial charge on any atom is -0.324 e. The maximum atomic E-state index is 6.29. The second kappa shape index (κ2) is 5.77. The zero-order valence-electron chi connectivity index (χ0n) is 11.7. The third-order valence-electron chi connectivity index (χ3n) is 3.52. The van der Waals surface area contributed by atoms with Crippen molar-refractivity contribution in [1.82, 2.24) is 0 Å². The van der Waals surface area contributed by atoms with E-state index in [9.17, 15) is 0 Å². The molecule has 0 saturated carbocycles. The Hall–Kier alpha value is -1.31. The van der Waals surface area contributed by atoms with Crippen molar-refractivity contribution in [3.63, 3.8) is 0 Å². The predicted molar refractivity (Wildman–Crippen MR) is 82.7 cm³/mol. The SMILES string of the molecule is Cc1cc(Cl)cc(C(N)Cc2ccc(C)c(C)c2)c1. The lowest BCUT2D eigenvalue weighted by atomic mass is 9.96. The lowest BCUT2D eigenvalue weighted by Gasteiger charge is -2.14. The molecule has 0 aromatic heterocycles. The molecule has 0 aliphatic rings. The molecule has 0 spiro atoms. The Bertz CT molecular complexity index is 570. The summed E-state index contributed by atoms with van der Waals surface area (Å²) < 4.78 is 0. The van der Waals surface area contributed by atoms with Gasteiger partial charge in [0.05, 0.1) is 0 Å². The van der Waals surface area contributed by atoms with Crippen LogP contribution in [0.5, 0.6) is 0 Å². The number of benzene rings is 2. The highest BCUT2D eigenvalue weighted by molar-refractivity contribution is 6.30. The van der Waals surface area contributed by atoms with Crippen molar-refractivity contribution in [1.29, 1.82) is 0 Å². The first-order chi connectivity index (χ1) is 8.95. The van der Waals surface area contributed by atoms with Crippen LogP contribution in [0.15, 0.2) is 36.4 Å². The highest BCUT2D eigenvalue weighted by atomic mass is 35.5. The van der Waals surface area contributed by atoms with Crippen molar-refractivity contribution >= 4 is 11.6 Å². The number of hydrogen-bond acceptors (Lipinski definition) is 1. The largest absolute Gasteiger partial charge is 0.324 e. The summed E-state index contributed by atoms with van der Waals surface area (Å²) in [6.07, 6.45) is 0.834. The number of aryl methyl sites for hydroxylation is 3. The molecule has 100 valence electrons. The minimum atomic E-state index is -0.0143. The normalized spacial score (nSPS) is 12.5. The van der Waals surface area contributed by atoms with Gasteiger partial charge in [-0.1, -0.05) is 35.9 Å². The summed E-state index contributed by atoms with van der Waals surface area (Å²) in [5.74, 6) is 0. The summed E-state index contributed by atoms with van der Waals surface area (Å²) >= 11 is 6.09. The van der Waals surface area contributed by atoms with Gasteiger partial charge in [0.25, 0.3) is 0 Å². The molecule has 0 aliphatic carbocycles. The fraction of sp³-hybridized carbons (Fsp3) is 0.294. The average molecular weight is 274 g/mol. The van der Waals surface area contributed by atoms with E-state index in [0.717, 1.165) is 22.6 Å². The molecule has 1 unspecified atom stereocenters. The maximum Gasteiger partial charge on any atom is 0.0411 e. The molecule has 0 amide bonds. The molecule has 2 aromatic rings. The fourth-order valence-electron chi connectivity index (χ4n) is 2.28. The topological polar surface area (TPSA) is 26.0 Å². The van der Waals surface area contributed by atoms with Crippen LogP contribution in [-0.4, -0.2) is 0 Å². The summed E-state index contributed by atoms with van der Waals surface area (Å²) in [6.45, 7) is 6.30. The van der Waals surface area contributed by atoms with Crippen LogP contribution in [0.2, 0.25) is 5.02 Å². The monoisotopic (exact) mass is 273 g/mol. The summed E-state index contributed by atoms with van der Waals surface area (Å²) in [7, 11) is 0. The molecular formula is C17H20ClN. The molecule has 1 nitrogen and oxygen atoms in total. The van der Waals surface area contributed by atoms with Crippen LogP contribution in [0, 0.1) is 20.8 Å². The highest BCUT2D eigenvalue weighted by Crippen LogP contribution is 2.22. The molecule has 0 heterocycles. The van der Waals surface area contributed by atoms with Gasteiger partial charge in [0.2, 0.25) is 0 Å². The number of halogens is 1. The molecular weight excluding hydrogens is 254 g/mol. The summed E-state index contributed by atoms with van der Waals surface area (Å²) in [5, 5.41) is 0.755. The van der Waals surface area contributed by atoms with Crippen LogP contribution < -0.4 is 5.73 Å². The first-order valence-electron chi connectivity index (χ1n) is 6.54. The van der Waals surface area contributed by atoms with E-state index in [1.807, 2.05) is 19.1 Å². The van der Waals surface area contributed by atoms with E-state index in [2.05, 4.69) is 38.1 Å². The quantitative estimate of drug-likeness (QED) is 0.875. The van der Waals surface area contributed by atoms with Crippen molar-refractivity contribution in [2.75, 3.05) is 0 Å². The Morgan fingerprint density at radius 1 is 1.00 bits per heavy atom. The molecule has 0 fully saturated rings. The van der Waals surface area contributed by atoms with Crippen molar-refractivity contribution in [3.05, 3.63) is 69.2 Å². The van der Waals surface area contributed by atoms with Crippen molar-refractivity contribution in [2.45, 2.75) is 33.2 Å². The molecule has 2 aromatic carbocycles. The predicted octanol–water partition coefficient (Wildman–Crippen LogP) is 4.51. The van der Waals surface area contributed by atoms with Gasteiger partial charge in [0, 0.05) is 11.1 Å². The van der Waals surface area contributed by atoms with E-state index < -0.39 is 0 Å². The second-order valence-corrected chi connectivity index (χ2v) is 5.73. The van der Waals surface area contributed by atoms with Gasteiger partial charge < -0.3 is 5.73 Å². The van der Waals surface area contributed by atoms with Crippen molar-refractivity contribution in [2.24, 2.45) is 5.73 Å². The summed E-state index contributed by atoms with van der Waals surface area (Å²) in [5.41, 5.74) is 12.4. The molecule has 0 bridgehead atoms. The van der Waals surface area contributed by atoms with Crippen LogP contribution in [0.25, 0.3) is 0 Å². The van der Waals surface area contributed by atoms with E-state index in [1.165, 1.54) is 16.7 Å². The molecule has 2 rings (SSSR count). The van der Waals surface area contributed by atoms with Crippen LogP contribution in [0.1, 0.15) is 33.9 Å². The van der Waals surface area contributed by atoms with Crippen molar-refractivity contribution in [3.8, 4) is 0 Å². The first-order valence-corrected chi connectivity index (χ1v) is 6.92. The Labute approximate surface area is 120 Å². The number of hydrogen-bond donors (Lipinski definition) is 1. The zero-order valence-corrected chi connectivity index (χ0v) is 12.5. The third-order valence-corrected chi connectivity index (χ3v) is 3.74. The lowest BCUT2D eigenvalue weighted by Crippen LogP contribution is -2.13. The van der Waals surface area contributed by atoms with Crippen LogP contribution in [-0.2, 0) is 6.42 Å². The van der Waals surface area contributed by atoms with Gasteiger partial charge in [0.1, 0.15) is 0 Å². The van der Waals surface area contributed by atoms with Crippen LogP contribution in [0.3, 0.4) is 0 Å². The van der Waals surface area contributed by atoms with Gasteiger partial charge in [-0.05, 0) is 67.1 Å². The van der Waals surface area contributed by atoms with Crippen LogP contribution >= 0.6 is 11.6 Å². The molecule has 1 atom stereocenters. The van der Waals surface area contributed by atoms with Crippen molar-refractivity contribution < 1.29 is 0 Å². The molecule has 19 heavy (non-hydrogen) atoms. The van der Waals surface area contributed by atoms with E-state index in [0.29, 0.717) is 0 Å². The van der Waals surface area contributed by atoms with E-state index in [-0.39, 0.29) is 6.04 Å². The molecule has 2 heteroatoms. The first kappa shape index (κ1) is 14.1. The van der Waals surface area contributed by atoms with E-state index in [4.69, 9.17) is 17.3 Å². The third kappa shape index (κ3) is 3.59. The summed E-state index contributed by atoms with van der Waals surface area (Å²) in [6, 6.07) is 12.5. The molecule has 0 saturated heterocycles. The van der Waals surface area contributed by atoms with E-state index >= 15 is 0 Å². The average Bonchev–Trinajstić information content (AvgIpc) is 2.32. The number of rotatable bonds is 3. The van der Waals surface area contributed by atoms with E-state index in [1.54, 1.807) is 0 Å². The fourth-order valence-corrected chi connectivity index (χ4v) is 2.58. The second-order valence-electron chi connectivity index (χ2n) is 5.29. The Balaban J connectivity index is 2.20. The lowest BCUT2D eigenvalue weighted by molar-refractivity contribution is 0.720. The maximum absolute atomic E-state index is 6.29. The van der Waals surface area contributed by atoms with Gasteiger partial charge in [0.15, 0.2) is 0 Å². The number of nitrogens with two attached hydrogens (primary N) is 1. The molecule has 2 N–H and O–H groups in total. The Morgan fingerprint density at radius 2 is 1.74 bits per heavy atom. The zero-order chi connectivity index (χ0) is 14.0. The van der Waals surface area contributed by atoms with Gasteiger partial charge >= 0.3 is 0 Å². The smallest absolute Gasteiger partial charge is 0.0411 e. The Morgan fingerprint density at radius 3 is 2.37 bits per heavy atom. The van der Waals surface area contributed by atoms with Gasteiger partial charge in [-0.15, -0.1) is 0 Å². The van der Waals surface area contributed by atoms with Crippen LogP contribution in [0.4, 0.5) is 0 Å². The standard InChI is InChI=1S/C17H20ClN/c1-11-6-15(10-16(18)7-11)17(19)9-14-5-4-12(2)13(3)8-14/h4-8,10,17H,9,19H2,1-3H3. The van der Waals surface area contributed by atoms with Gasteiger partial charge in [-0.25, -0.2) is 0 Å². The molecule has 0 aliphatic heterocycles. The summed E-state index contributed by atoms with van der Waals surface area (Å²) in [4.78, 5) is 0. The minimum absolute atomic E-state index is 0.0143. The van der Waals surface area contributed by atoms with Gasteiger partial charge in [-0.3, -0.25) is 0 Å². The Kier molecular flexibility index (Phi) is 4.28.